The molecule has 0 spiro atoms. The van der Waals surface area contributed by atoms with Crippen molar-refractivity contribution in [2.24, 2.45) is 0 Å². The molecule has 9 nitrogen and oxygen atoms in total. The van der Waals surface area contributed by atoms with E-state index in [1.165, 1.54) is 0 Å². The molecule has 0 radical (unpaired) electrons. The summed E-state index contributed by atoms with van der Waals surface area (Å²) in [5, 5.41) is 0. The monoisotopic (exact) mass is 506 g/mol. The first-order chi connectivity index (χ1) is 18.5. The number of hydrogen-bond acceptors (Lipinski definition) is 6. The lowest BCUT2D eigenvalue weighted by atomic mass is 10.0. The standard InChI is InChI=1S/C29H30N8O/c1-30-22-9-6-20(7-10-22)27-28(21-8-11-25(32-17-21)36-14-4-5-26(36)38)37-19-31-18-24(37)29(33-27)35-15-12-23(13-16-35)34(2)3/h6-11,17-19,23H,4-5,12-16H2,2-3H3. The lowest BCUT2D eigenvalue weighted by molar-refractivity contribution is -0.117. The number of piperidine rings is 1. The molecule has 4 aromatic rings. The van der Waals surface area contributed by atoms with Gasteiger partial charge in [-0.2, -0.15) is 0 Å². The van der Waals surface area contributed by atoms with Crippen molar-refractivity contribution in [2.45, 2.75) is 31.7 Å². The summed E-state index contributed by atoms with van der Waals surface area (Å²) in [4.78, 5) is 36.7. The van der Waals surface area contributed by atoms with Crippen LogP contribution in [0.5, 0.6) is 0 Å². The molecule has 1 aromatic carbocycles. The van der Waals surface area contributed by atoms with E-state index in [-0.39, 0.29) is 5.91 Å². The Bertz CT molecular complexity index is 1510. The fourth-order valence-corrected chi connectivity index (χ4v) is 5.54. The van der Waals surface area contributed by atoms with Gasteiger partial charge in [-0.05, 0) is 51.1 Å². The summed E-state index contributed by atoms with van der Waals surface area (Å²) in [6.07, 6.45) is 9.11. The van der Waals surface area contributed by atoms with Crippen LogP contribution in [0.25, 0.3) is 32.9 Å². The van der Waals surface area contributed by atoms with Crippen LogP contribution in [0, 0.1) is 6.57 Å². The molecule has 9 heteroatoms. The minimum absolute atomic E-state index is 0.117. The molecule has 0 aliphatic carbocycles. The molecule has 6 rings (SSSR count). The lowest BCUT2D eigenvalue weighted by Gasteiger charge is -2.36. The average molecular weight is 507 g/mol. The number of carbonyl (C=O) groups is 1. The predicted molar refractivity (Wildman–Crippen MR) is 148 cm³/mol. The van der Waals surface area contributed by atoms with Gasteiger partial charge in [0.25, 0.3) is 0 Å². The van der Waals surface area contributed by atoms with Gasteiger partial charge >= 0.3 is 0 Å². The zero-order valence-electron chi connectivity index (χ0n) is 21.7. The van der Waals surface area contributed by atoms with Crippen LogP contribution in [-0.2, 0) is 4.79 Å². The normalized spacial score (nSPS) is 16.5. The van der Waals surface area contributed by atoms with Crippen molar-refractivity contribution in [3.63, 3.8) is 0 Å². The first-order valence-corrected chi connectivity index (χ1v) is 13.1. The molecule has 5 heterocycles. The molecular weight excluding hydrogens is 476 g/mol. The molecule has 2 aliphatic heterocycles. The van der Waals surface area contributed by atoms with Crippen molar-refractivity contribution < 1.29 is 4.79 Å². The Kier molecular flexibility index (Phi) is 6.26. The van der Waals surface area contributed by atoms with E-state index in [1.807, 2.05) is 55.1 Å². The Labute approximate surface area is 222 Å². The van der Waals surface area contributed by atoms with Crippen LogP contribution in [0.1, 0.15) is 25.7 Å². The second-order valence-electron chi connectivity index (χ2n) is 10.2. The van der Waals surface area contributed by atoms with Gasteiger partial charge < -0.3 is 9.80 Å². The zero-order chi connectivity index (χ0) is 26.2. The van der Waals surface area contributed by atoms with Crippen molar-refractivity contribution in [3.05, 3.63) is 66.5 Å². The molecular formula is C29H30N8O. The highest BCUT2D eigenvalue weighted by molar-refractivity contribution is 5.94. The highest BCUT2D eigenvalue weighted by Crippen LogP contribution is 2.37. The summed E-state index contributed by atoms with van der Waals surface area (Å²) >= 11 is 0. The number of carbonyl (C=O) groups excluding carboxylic acids is 1. The molecule has 38 heavy (non-hydrogen) atoms. The molecule has 192 valence electrons. The van der Waals surface area contributed by atoms with E-state index in [4.69, 9.17) is 11.6 Å². The first-order valence-electron chi connectivity index (χ1n) is 13.1. The van der Waals surface area contributed by atoms with Gasteiger partial charge in [0.2, 0.25) is 5.91 Å². The number of fused-ring (bicyclic) bond motifs is 1. The number of imidazole rings is 1. The summed E-state index contributed by atoms with van der Waals surface area (Å²) in [5.41, 5.74) is 5.04. The largest absolute Gasteiger partial charge is 0.355 e. The fraction of sp³-hybridized carbons (Fsp3) is 0.345. The molecule has 2 fully saturated rings. The predicted octanol–water partition coefficient (Wildman–Crippen LogP) is 4.67. The molecule has 0 bridgehead atoms. The second kappa shape index (κ2) is 9.88. The van der Waals surface area contributed by atoms with Crippen LogP contribution in [-0.4, -0.2) is 69.9 Å². The minimum Gasteiger partial charge on any atom is -0.355 e. The van der Waals surface area contributed by atoms with Crippen LogP contribution in [0.3, 0.4) is 0 Å². The number of anilines is 2. The Hall–Kier alpha value is -4.29. The van der Waals surface area contributed by atoms with E-state index in [0.717, 1.165) is 66.2 Å². The molecule has 3 aromatic heterocycles. The van der Waals surface area contributed by atoms with E-state index >= 15 is 0 Å². The number of amides is 1. The van der Waals surface area contributed by atoms with E-state index < -0.39 is 0 Å². The first kappa shape index (κ1) is 24.1. The molecule has 1 amide bonds. The highest BCUT2D eigenvalue weighted by atomic mass is 16.2. The summed E-state index contributed by atoms with van der Waals surface area (Å²) < 4.78 is 2.09. The van der Waals surface area contributed by atoms with Crippen LogP contribution < -0.4 is 9.80 Å². The lowest BCUT2D eigenvalue weighted by Crippen LogP contribution is -2.42. The van der Waals surface area contributed by atoms with E-state index in [0.29, 0.717) is 30.5 Å². The van der Waals surface area contributed by atoms with E-state index in [9.17, 15) is 4.79 Å². The average Bonchev–Trinajstić information content (AvgIpc) is 3.62. The minimum atomic E-state index is 0.117. The van der Waals surface area contributed by atoms with Gasteiger partial charge in [-0.15, -0.1) is 0 Å². The van der Waals surface area contributed by atoms with E-state index in [1.54, 1.807) is 4.90 Å². The molecule has 2 aliphatic rings. The van der Waals surface area contributed by atoms with E-state index in [2.05, 4.69) is 43.1 Å². The second-order valence-corrected chi connectivity index (χ2v) is 10.2. The fourth-order valence-electron chi connectivity index (χ4n) is 5.54. The number of rotatable bonds is 5. The molecule has 0 unspecified atom stereocenters. The van der Waals surface area contributed by atoms with Gasteiger partial charge in [-0.1, -0.05) is 24.3 Å². The zero-order valence-corrected chi connectivity index (χ0v) is 21.7. The Morgan fingerprint density at radius 1 is 1.00 bits per heavy atom. The van der Waals surface area contributed by atoms with Crippen LogP contribution in [0.15, 0.2) is 55.1 Å². The quantitative estimate of drug-likeness (QED) is 0.367. The number of hydrogen-bond donors (Lipinski definition) is 0. The third-order valence-electron chi connectivity index (χ3n) is 7.69. The van der Waals surface area contributed by atoms with Gasteiger partial charge in [-0.3, -0.25) is 14.1 Å². The molecule has 0 N–H and O–H groups in total. The van der Waals surface area contributed by atoms with Crippen LogP contribution >= 0.6 is 0 Å². The number of nitrogens with zero attached hydrogens (tertiary/aromatic N) is 8. The highest BCUT2D eigenvalue weighted by Gasteiger charge is 2.27. The molecule has 2 saturated heterocycles. The Morgan fingerprint density at radius 3 is 2.39 bits per heavy atom. The van der Waals surface area contributed by atoms with Gasteiger partial charge in [-0.25, -0.2) is 19.8 Å². The van der Waals surface area contributed by atoms with Crippen molar-refractivity contribution in [3.8, 4) is 22.5 Å². The van der Waals surface area contributed by atoms with Crippen molar-refractivity contribution in [2.75, 3.05) is 43.5 Å². The maximum atomic E-state index is 12.2. The van der Waals surface area contributed by atoms with Gasteiger partial charge in [0, 0.05) is 43.9 Å². The Balaban J connectivity index is 1.47. The van der Waals surface area contributed by atoms with Crippen LogP contribution in [0.4, 0.5) is 17.3 Å². The van der Waals surface area contributed by atoms with Crippen molar-refractivity contribution in [1.82, 2.24) is 24.3 Å². The van der Waals surface area contributed by atoms with Gasteiger partial charge in [0.05, 0.1) is 30.5 Å². The number of benzene rings is 1. The number of aromatic nitrogens is 4. The molecule has 0 saturated carbocycles. The maximum absolute atomic E-state index is 12.2. The van der Waals surface area contributed by atoms with Gasteiger partial charge in [0.1, 0.15) is 11.3 Å². The maximum Gasteiger partial charge on any atom is 0.228 e. The van der Waals surface area contributed by atoms with Crippen molar-refractivity contribution in [1.29, 1.82) is 0 Å². The van der Waals surface area contributed by atoms with Crippen LogP contribution in [0.2, 0.25) is 0 Å². The van der Waals surface area contributed by atoms with Gasteiger partial charge in [0.15, 0.2) is 11.5 Å². The summed E-state index contributed by atoms with van der Waals surface area (Å²) in [6.45, 7) is 9.90. The number of pyridine rings is 1. The third-order valence-corrected chi connectivity index (χ3v) is 7.69. The summed E-state index contributed by atoms with van der Waals surface area (Å²) in [5.74, 6) is 1.71. The smallest absolute Gasteiger partial charge is 0.228 e. The summed E-state index contributed by atoms with van der Waals surface area (Å²) in [7, 11) is 4.29. The summed E-state index contributed by atoms with van der Waals surface area (Å²) in [6, 6.07) is 12.0. The molecule has 0 atom stereocenters. The topological polar surface area (TPSA) is 74.2 Å². The SMILES string of the molecule is [C-]#[N+]c1ccc(-c2nc(N3CCC(N(C)C)CC3)c3cncn3c2-c2ccc(N3CCCC3=O)nc2)cc1. The Morgan fingerprint density at radius 2 is 1.76 bits per heavy atom. The third kappa shape index (κ3) is 4.27. The van der Waals surface area contributed by atoms with Crippen molar-refractivity contribution >= 4 is 28.7 Å².